The smallest absolute Gasteiger partial charge is 0.0107 e. The van der Waals surface area contributed by atoms with Crippen molar-refractivity contribution in [2.24, 2.45) is 17.8 Å². The monoisotopic (exact) mass is 306 g/mol. The number of rotatable bonds is 3. The Labute approximate surface area is 136 Å². The second-order valence-electron chi connectivity index (χ2n) is 8.40. The zero-order valence-electron chi connectivity index (χ0n) is 14.3. The fourth-order valence-electron chi connectivity index (χ4n) is 5.56. The molecule has 0 aromatic heterocycles. The van der Waals surface area contributed by atoms with Gasteiger partial charge >= 0.3 is 0 Å². The van der Waals surface area contributed by atoms with Gasteiger partial charge in [-0.1, -0.05) is 0 Å². The summed E-state index contributed by atoms with van der Waals surface area (Å²) in [4.78, 5) is 8.09. The first kappa shape index (κ1) is 15.4. The Balaban J connectivity index is 1.21. The molecule has 3 aliphatic heterocycles. The van der Waals surface area contributed by atoms with Gasteiger partial charge in [-0.3, -0.25) is 0 Å². The van der Waals surface area contributed by atoms with Crippen LogP contribution in [0, 0.1) is 17.8 Å². The lowest BCUT2D eigenvalue weighted by molar-refractivity contribution is 0.102. The summed E-state index contributed by atoms with van der Waals surface area (Å²) in [7, 11) is 2.30. The molecule has 0 amide bonds. The van der Waals surface area contributed by atoms with Gasteiger partial charge in [0.1, 0.15) is 0 Å². The Morgan fingerprint density at radius 3 is 2.18 bits per heavy atom. The van der Waals surface area contributed by atoms with Crippen molar-refractivity contribution in [3.8, 4) is 0 Å². The number of likely N-dealkylation sites (tertiary alicyclic amines) is 2. The minimum Gasteiger partial charge on any atom is -0.314 e. The van der Waals surface area contributed by atoms with Gasteiger partial charge in [-0.25, -0.2) is 0 Å². The molecule has 0 aromatic carbocycles. The van der Waals surface area contributed by atoms with Gasteiger partial charge in [0, 0.05) is 51.9 Å². The molecule has 126 valence electrons. The number of nitrogens with one attached hydrogen (secondary N) is 1. The fourth-order valence-corrected chi connectivity index (χ4v) is 5.56. The molecule has 4 fully saturated rings. The van der Waals surface area contributed by atoms with Crippen LogP contribution < -0.4 is 5.32 Å². The largest absolute Gasteiger partial charge is 0.314 e. The molecule has 4 nitrogen and oxygen atoms in total. The topological polar surface area (TPSA) is 21.8 Å². The van der Waals surface area contributed by atoms with Gasteiger partial charge < -0.3 is 20.0 Å². The maximum absolute atomic E-state index is 3.47. The lowest BCUT2D eigenvalue weighted by atomic mass is 9.94. The van der Waals surface area contributed by atoms with Crippen LogP contribution in [-0.4, -0.2) is 86.7 Å². The average molecular weight is 306 g/mol. The van der Waals surface area contributed by atoms with E-state index in [2.05, 4.69) is 27.1 Å². The molecule has 1 aliphatic carbocycles. The van der Waals surface area contributed by atoms with Gasteiger partial charge in [0.25, 0.3) is 0 Å². The minimum absolute atomic E-state index is 0.920. The molecule has 4 heteroatoms. The van der Waals surface area contributed by atoms with E-state index < -0.39 is 0 Å². The molecule has 0 bridgehead atoms. The molecule has 3 saturated heterocycles. The van der Waals surface area contributed by atoms with Crippen molar-refractivity contribution in [1.82, 2.24) is 20.0 Å². The van der Waals surface area contributed by atoms with Crippen LogP contribution in [0.15, 0.2) is 0 Å². The molecule has 4 aliphatic rings. The Morgan fingerprint density at radius 1 is 0.909 bits per heavy atom. The standard InChI is InChI=1S/C18H34N4/c1-20-13-16-10-18(11-17(16)14-20)22-6-2-15(3-7-22)12-21-8-4-19-5-9-21/h15-19H,2-14H2,1H3. The lowest BCUT2D eigenvalue weighted by Gasteiger charge is -2.39. The van der Waals surface area contributed by atoms with E-state index in [4.69, 9.17) is 0 Å². The molecule has 0 aromatic rings. The van der Waals surface area contributed by atoms with Gasteiger partial charge in [0.15, 0.2) is 0 Å². The number of hydrogen-bond donors (Lipinski definition) is 1. The van der Waals surface area contributed by atoms with Crippen molar-refractivity contribution in [3.63, 3.8) is 0 Å². The highest BCUT2D eigenvalue weighted by Gasteiger charge is 2.42. The Kier molecular flexibility index (Phi) is 4.72. The summed E-state index contributed by atoms with van der Waals surface area (Å²) in [5.41, 5.74) is 0. The molecule has 0 radical (unpaired) electrons. The third-order valence-corrected chi connectivity index (χ3v) is 6.80. The highest BCUT2D eigenvalue weighted by atomic mass is 15.2. The van der Waals surface area contributed by atoms with Gasteiger partial charge in [0.2, 0.25) is 0 Å². The molecule has 1 saturated carbocycles. The fraction of sp³-hybridized carbons (Fsp3) is 1.00. The van der Waals surface area contributed by atoms with Crippen molar-refractivity contribution in [1.29, 1.82) is 0 Å². The first-order chi connectivity index (χ1) is 10.8. The molecule has 4 rings (SSSR count). The maximum atomic E-state index is 3.47. The third kappa shape index (κ3) is 3.35. The van der Waals surface area contributed by atoms with Crippen molar-refractivity contribution in [2.45, 2.75) is 31.7 Å². The predicted molar refractivity (Wildman–Crippen MR) is 91.1 cm³/mol. The number of piperidine rings is 1. The number of fused-ring (bicyclic) bond motifs is 1. The Hall–Kier alpha value is -0.160. The van der Waals surface area contributed by atoms with E-state index in [9.17, 15) is 0 Å². The highest BCUT2D eigenvalue weighted by molar-refractivity contribution is 4.96. The van der Waals surface area contributed by atoms with Crippen molar-refractivity contribution in [2.75, 3.05) is 66.0 Å². The number of hydrogen-bond acceptors (Lipinski definition) is 4. The summed E-state index contributed by atoms with van der Waals surface area (Å²) < 4.78 is 0. The van der Waals surface area contributed by atoms with E-state index >= 15 is 0 Å². The highest BCUT2D eigenvalue weighted by Crippen LogP contribution is 2.40. The molecular weight excluding hydrogens is 272 g/mol. The zero-order valence-corrected chi connectivity index (χ0v) is 14.3. The van der Waals surface area contributed by atoms with Crippen LogP contribution in [0.5, 0.6) is 0 Å². The van der Waals surface area contributed by atoms with Gasteiger partial charge in [-0.05, 0) is 63.6 Å². The second kappa shape index (κ2) is 6.76. The van der Waals surface area contributed by atoms with Crippen LogP contribution >= 0.6 is 0 Å². The van der Waals surface area contributed by atoms with Crippen molar-refractivity contribution in [3.05, 3.63) is 0 Å². The summed E-state index contributed by atoms with van der Waals surface area (Å²) in [5.74, 6) is 2.98. The summed E-state index contributed by atoms with van der Waals surface area (Å²) in [6, 6.07) is 0.920. The van der Waals surface area contributed by atoms with E-state index in [1.54, 1.807) is 0 Å². The van der Waals surface area contributed by atoms with E-state index in [1.165, 1.54) is 84.6 Å². The van der Waals surface area contributed by atoms with Crippen LogP contribution in [0.4, 0.5) is 0 Å². The molecule has 22 heavy (non-hydrogen) atoms. The number of nitrogens with zero attached hydrogens (tertiary/aromatic N) is 3. The SMILES string of the molecule is CN1CC2CC(N3CCC(CN4CCNCC4)CC3)CC2C1. The van der Waals surface area contributed by atoms with E-state index in [-0.39, 0.29) is 0 Å². The van der Waals surface area contributed by atoms with Crippen LogP contribution in [-0.2, 0) is 0 Å². The van der Waals surface area contributed by atoms with Crippen LogP contribution in [0.3, 0.4) is 0 Å². The third-order valence-electron chi connectivity index (χ3n) is 6.80. The van der Waals surface area contributed by atoms with Crippen LogP contribution in [0.1, 0.15) is 25.7 Å². The maximum Gasteiger partial charge on any atom is 0.0107 e. The van der Waals surface area contributed by atoms with Gasteiger partial charge in [-0.15, -0.1) is 0 Å². The van der Waals surface area contributed by atoms with Crippen molar-refractivity contribution >= 4 is 0 Å². The molecule has 2 unspecified atom stereocenters. The van der Waals surface area contributed by atoms with E-state index in [1.807, 2.05) is 0 Å². The zero-order chi connectivity index (χ0) is 14.9. The summed E-state index contributed by atoms with van der Waals surface area (Å²) in [5, 5.41) is 3.47. The molecule has 1 N–H and O–H groups in total. The predicted octanol–water partition coefficient (Wildman–Crippen LogP) is 0.944. The molecule has 3 heterocycles. The van der Waals surface area contributed by atoms with Crippen LogP contribution in [0.25, 0.3) is 0 Å². The van der Waals surface area contributed by atoms with Crippen molar-refractivity contribution < 1.29 is 0 Å². The molecular formula is C18H34N4. The Morgan fingerprint density at radius 2 is 1.55 bits per heavy atom. The lowest BCUT2D eigenvalue weighted by Crippen LogP contribution is -2.47. The number of piperazine rings is 1. The van der Waals surface area contributed by atoms with E-state index in [0.29, 0.717) is 0 Å². The normalized spacial score (nSPS) is 39.4. The summed E-state index contributed by atoms with van der Waals surface area (Å²) in [6.07, 6.45) is 5.85. The average Bonchev–Trinajstić information content (AvgIpc) is 3.06. The quantitative estimate of drug-likeness (QED) is 0.838. The summed E-state index contributed by atoms with van der Waals surface area (Å²) >= 11 is 0. The van der Waals surface area contributed by atoms with Gasteiger partial charge in [-0.2, -0.15) is 0 Å². The van der Waals surface area contributed by atoms with E-state index in [0.717, 1.165) is 23.8 Å². The molecule has 0 spiro atoms. The Bertz CT molecular complexity index is 346. The van der Waals surface area contributed by atoms with Crippen LogP contribution in [0.2, 0.25) is 0 Å². The second-order valence-corrected chi connectivity index (χ2v) is 8.40. The first-order valence-electron chi connectivity index (χ1n) is 9.63. The van der Waals surface area contributed by atoms with Gasteiger partial charge in [0.05, 0.1) is 0 Å². The first-order valence-corrected chi connectivity index (χ1v) is 9.63. The molecule has 2 atom stereocenters. The minimum atomic E-state index is 0.920. The summed E-state index contributed by atoms with van der Waals surface area (Å²) in [6.45, 7) is 11.7.